The van der Waals surface area contributed by atoms with E-state index in [1.165, 1.54) is 12.0 Å². The first kappa shape index (κ1) is 24.2. The van der Waals surface area contributed by atoms with E-state index in [0.717, 1.165) is 12.0 Å². The SMILES string of the molecule is COC(=O)C1=C(Nc2c(C)c([N+](=O)[O-])c3c(c2Br)C(C)(C)CC3(C)C)C(=O)N(CCO)C1. The minimum atomic E-state index is -0.674. The van der Waals surface area contributed by atoms with E-state index >= 15 is 0 Å². The Bertz CT molecular complexity index is 1060. The fourth-order valence-electron chi connectivity index (χ4n) is 5.25. The molecule has 0 radical (unpaired) electrons. The molecule has 0 atom stereocenters. The van der Waals surface area contributed by atoms with Crippen LogP contribution in [0.15, 0.2) is 15.7 Å². The molecule has 1 aromatic carbocycles. The number of benzene rings is 1. The molecule has 1 aliphatic carbocycles. The van der Waals surface area contributed by atoms with Crippen molar-refractivity contribution in [3.8, 4) is 0 Å². The molecule has 10 heteroatoms. The molecule has 1 aliphatic heterocycles. The zero-order valence-electron chi connectivity index (χ0n) is 19.1. The van der Waals surface area contributed by atoms with Gasteiger partial charge in [0, 0.05) is 16.6 Å². The van der Waals surface area contributed by atoms with Crippen LogP contribution in [0.1, 0.15) is 50.8 Å². The van der Waals surface area contributed by atoms with Crippen LogP contribution in [0.2, 0.25) is 0 Å². The summed E-state index contributed by atoms with van der Waals surface area (Å²) >= 11 is 3.65. The number of hydrogen-bond donors (Lipinski definition) is 2. The summed E-state index contributed by atoms with van der Waals surface area (Å²) in [6, 6.07) is 0. The molecular weight excluding hydrogens is 482 g/mol. The molecule has 0 unspecified atom stereocenters. The van der Waals surface area contributed by atoms with Gasteiger partial charge in [0.15, 0.2) is 0 Å². The molecule has 0 aromatic heterocycles. The second-order valence-electron chi connectivity index (χ2n) is 9.53. The monoisotopic (exact) mass is 509 g/mol. The normalized spacial score (nSPS) is 18.8. The molecule has 0 saturated carbocycles. The Balaban J connectivity index is 2.26. The highest BCUT2D eigenvalue weighted by Gasteiger charge is 2.49. The summed E-state index contributed by atoms with van der Waals surface area (Å²) in [7, 11) is 1.22. The predicted molar refractivity (Wildman–Crippen MR) is 123 cm³/mol. The third-order valence-corrected chi connectivity index (χ3v) is 7.07. The van der Waals surface area contributed by atoms with Gasteiger partial charge < -0.3 is 20.1 Å². The summed E-state index contributed by atoms with van der Waals surface area (Å²) in [5.74, 6) is -1.15. The van der Waals surface area contributed by atoms with Crippen molar-refractivity contribution in [2.24, 2.45) is 0 Å². The maximum absolute atomic E-state index is 13.0. The van der Waals surface area contributed by atoms with Gasteiger partial charge in [-0.3, -0.25) is 14.9 Å². The predicted octanol–water partition coefficient (Wildman–Crippen LogP) is 3.30. The van der Waals surface area contributed by atoms with Crippen molar-refractivity contribution in [1.29, 1.82) is 0 Å². The third-order valence-electron chi connectivity index (χ3n) is 6.28. The van der Waals surface area contributed by atoms with Crippen molar-refractivity contribution in [3.05, 3.63) is 42.5 Å². The summed E-state index contributed by atoms with van der Waals surface area (Å²) in [6.45, 7) is 9.48. The van der Waals surface area contributed by atoms with Gasteiger partial charge in [-0.1, -0.05) is 27.7 Å². The number of carbonyl (C=O) groups is 2. The van der Waals surface area contributed by atoms with Gasteiger partial charge in [0.2, 0.25) is 0 Å². The number of anilines is 1. The number of esters is 1. The zero-order valence-corrected chi connectivity index (χ0v) is 20.7. The molecule has 174 valence electrons. The maximum Gasteiger partial charge on any atom is 0.337 e. The Morgan fingerprint density at radius 3 is 2.41 bits per heavy atom. The van der Waals surface area contributed by atoms with Crippen LogP contribution in [0.3, 0.4) is 0 Å². The average molecular weight is 510 g/mol. The number of aliphatic hydroxyl groups excluding tert-OH is 1. The molecule has 1 amide bonds. The minimum Gasteiger partial charge on any atom is -0.466 e. The molecule has 9 nitrogen and oxygen atoms in total. The Kier molecular flexibility index (Phi) is 6.16. The van der Waals surface area contributed by atoms with Gasteiger partial charge in [-0.2, -0.15) is 0 Å². The number of β-amino-alcohol motifs (C(OH)–C–C–N with tert-alkyl or cyclic N) is 1. The van der Waals surface area contributed by atoms with E-state index in [0.29, 0.717) is 21.3 Å². The molecule has 0 fully saturated rings. The molecular formula is C22H28BrN3O6. The van der Waals surface area contributed by atoms with Crippen molar-refractivity contribution >= 4 is 39.2 Å². The van der Waals surface area contributed by atoms with E-state index in [4.69, 9.17) is 4.74 Å². The highest BCUT2D eigenvalue weighted by molar-refractivity contribution is 9.10. The zero-order chi connectivity index (χ0) is 24.2. The van der Waals surface area contributed by atoms with Crippen LogP contribution in [-0.2, 0) is 25.2 Å². The van der Waals surface area contributed by atoms with E-state index in [1.54, 1.807) is 6.92 Å². The summed E-state index contributed by atoms with van der Waals surface area (Å²) in [5, 5.41) is 24.5. The fourth-order valence-corrected chi connectivity index (χ4v) is 6.38. The quantitative estimate of drug-likeness (QED) is 0.342. The Hall–Kier alpha value is -2.46. The number of ether oxygens (including phenoxy) is 1. The van der Waals surface area contributed by atoms with Gasteiger partial charge in [-0.05, 0) is 45.7 Å². The summed E-state index contributed by atoms with van der Waals surface area (Å²) in [4.78, 5) is 38.4. The number of hydrogen-bond acceptors (Lipinski definition) is 7. The van der Waals surface area contributed by atoms with Crippen molar-refractivity contribution in [2.45, 2.75) is 51.9 Å². The molecule has 32 heavy (non-hydrogen) atoms. The summed E-state index contributed by atoms with van der Waals surface area (Å²) in [5.41, 5.74) is 1.61. The minimum absolute atomic E-state index is 0.00147. The van der Waals surface area contributed by atoms with Crippen LogP contribution in [0.4, 0.5) is 11.4 Å². The number of methoxy groups -OCH3 is 1. The number of fused-ring (bicyclic) bond motifs is 1. The van der Waals surface area contributed by atoms with E-state index in [2.05, 4.69) is 21.2 Å². The van der Waals surface area contributed by atoms with Crippen molar-refractivity contribution in [1.82, 2.24) is 4.90 Å². The maximum atomic E-state index is 13.0. The lowest BCUT2D eigenvalue weighted by molar-refractivity contribution is -0.386. The first-order valence-corrected chi connectivity index (χ1v) is 11.1. The first-order chi connectivity index (χ1) is 14.8. The van der Waals surface area contributed by atoms with Crippen molar-refractivity contribution in [3.63, 3.8) is 0 Å². The fraction of sp³-hybridized carbons (Fsp3) is 0.545. The lowest BCUT2D eigenvalue weighted by Crippen LogP contribution is -2.31. The molecule has 1 aromatic rings. The lowest BCUT2D eigenvalue weighted by Gasteiger charge is -2.24. The van der Waals surface area contributed by atoms with E-state index < -0.39 is 17.3 Å². The highest BCUT2D eigenvalue weighted by Crippen LogP contribution is 2.58. The second-order valence-corrected chi connectivity index (χ2v) is 10.3. The standard InChI is InChI=1S/C22H28BrN3O6/c1-11-16(24-17-12(20(29)32-6)9-25(7-8-27)19(17)28)15(23)13-14(18(11)26(30)31)22(4,5)10-21(13,2)3/h24,27H,7-10H2,1-6H3. The van der Waals surface area contributed by atoms with Crippen LogP contribution in [0.5, 0.6) is 0 Å². The summed E-state index contributed by atoms with van der Waals surface area (Å²) < 4.78 is 5.47. The molecule has 2 aliphatic rings. The van der Waals surface area contributed by atoms with Gasteiger partial charge in [0.05, 0.1) is 42.0 Å². The number of nitrogens with zero attached hydrogens (tertiary/aromatic N) is 2. The van der Waals surface area contributed by atoms with Crippen molar-refractivity contribution < 1.29 is 24.4 Å². The first-order valence-electron chi connectivity index (χ1n) is 10.3. The van der Waals surface area contributed by atoms with Crippen LogP contribution in [0, 0.1) is 17.0 Å². The van der Waals surface area contributed by atoms with Crippen LogP contribution < -0.4 is 5.32 Å². The Morgan fingerprint density at radius 2 is 1.88 bits per heavy atom. The number of nitro benzene ring substituents is 1. The number of halogens is 1. The van der Waals surface area contributed by atoms with Crippen molar-refractivity contribution in [2.75, 3.05) is 32.1 Å². The largest absolute Gasteiger partial charge is 0.466 e. The smallest absolute Gasteiger partial charge is 0.337 e. The number of nitrogens with one attached hydrogen (secondary N) is 1. The Morgan fingerprint density at radius 1 is 1.28 bits per heavy atom. The molecule has 3 rings (SSSR count). The molecule has 0 spiro atoms. The third kappa shape index (κ3) is 3.69. The van der Waals surface area contributed by atoms with Crippen LogP contribution in [-0.4, -0.2) is 53.6 Å². The molecule has 1 heterocycles. The number of carbonyl (C=O) groups excluding carboxylic acids is 2. The number of rotatable bonds is 6. The van der Waals surface area contributed by atoms with Gasteiger partial charge in [0.25, 0.3) is 11.6 Å². The summed E-state index contributed by atoms with van der Waals surface area (Å²) in [6.07, 6.45) is 0.719. The molecule has 0 bridgehead atoms. The number of aliphatic hydroxyl groups is 1. The Labute approximate surface area is 195 Å². The molecule has 2 N–H and O–H groups in total. The van der Waals surface area contributed by atoms with E-state index in [-0.39, 0.29) is 47.0 Å². The van der Waals surface area contributed by atoms with Gasteiger partial charge in [-0.15, -0.1) is 0 Å². The second kappa shape index (κ2) is 8.15. The van der Waals surface area contributed by atoms with Gasteiger partial charge >= 0.3 is 5.97 Å². The number of nitro groups is 1. The van der Waals surface area contributed by atoms with E-state index in [1.807, 2.05) is 27.7 Å². The topological polar surface area (TPSA) is 122 Å². The van der Waals surface area contributed by atoms with E-state index in [9.17, 15) is 24.8 Å². The average Bonchev–Trinajstić information content (AvgIpc) is 3.08. The van der Waals surface area contributed by atoms with Gasteiger partial charge in [-0.25, -0.2) is 4.79 Å². The molecule has 0 saturated heterocycles. The highest BCUT2D eigenvalue weighted by atomic mass is 79.9. The lowest BCUT2D eigenvalue weighted by atomic mass is 9.81. The van der Waals surface area contributed by atoms with Crippen LogP contribution >= 0.6 is 15.9 Å². The number of amides is 1. The van der Waals surface area contributed by atoms with Gasteiger partial charge in [0.1, 0.15) is 5.70 Å². The van der Waals surface area contributed by atoms with Crippen LogP contribution in [0.25, 0.3) is 0 Å².